The molecule has 0 bridgehead atoms. The van der Waals surface area contributed by atoms with E-state index in [1.54, 1.807) is 7.11 Å². The first-order valence-electron chi connectivity index (χ1n) is 7.65. The van der Waals surface area contributed by atoms with Crippen LogP contribution in [0, 0.1) is 0 Å². The maximum atomic E-state index is 5.13. The Morgan fingerprint density at radius 1 is 1.30 bits per heavy atom. The Balaban J connectivity index is 2.23. The van der Waals surface area contributed by atoms with E-state index in [1.807, 2.05) is 18.2 Å². The number of pyridine rings is 1. The van der Waals surface area contributed by atoms with Crippen molar-refractivity contribution in [2.75, 3.05) is 26.7 Å². The molecule has 0 amide bonds. The summed E-state index contributed by atoms with van der Waals surface area (Å²) in [4.78, 5) is 6.87. The van der Waals surface area contributed by atoms with Crippen LogP contribution in [0.2, 0.25) is 0 Å². The lowest BCUT2D eigenvalue weighted by Crippen LogP contribution is -2.29. The average Bonchev–Trinajstić information content (AvgIpc) is 2.49. The molecule has 4 nitrogen and oxygen atoms in total. The third kappa shape index (κ3) is 6.35. The van der Waals surface area contributed by atoms with Crippen LogP contribution in [-0.2, 0) is 6.54 Å². The van der Waals surface area contributed by atoms with Crippen molar-refractivity contribution in [1.29, 1.82) is 0 Å². The topological polar surface area (TPSA) is 37.4 Å². The van der Waals surface area contributed by atoms with Crippen molar-refractivity contribution in [3.05, 3.63) is 23.9 Å². The number of nitrogens with one attached hydrogen (secondary N) is 1. The Bertz CT molecular complexity index is 366. The lowest BCUT2D eigenvalue weighted by atomic mass is 10.1. The molecule has 1 atom stereocenters. The Hall–Kier alpha value is -1.13. The number of hydrogen-bond donors (Lipinski definition) is 1. The predicted octanol–water partition coefficient (Wildman–Crippen LogP) is 2.69. The van der Waals surface area contributed by atoms with Crippen LogP contribution in [0.4, 0.5) is 0 Å². The summed E-state index contributed by atoms with van der Waals surface area (Å²) < 4.78 is 5.13. The minimum absolute atomic E-state index is 0.513. The van der Waals surface area contributed by atoms with Crippen molar-refractivity contribution in [3.8, 4) is 5.88 Å². The van der Waals surface area contributed by atoms with E-state index in [4.69, 9.17) is 4.74 Å². The summed E-state index contributed by atoms with van der Waals surface area (Å²) in [7, 11) is 1.65. The van der Waals surface area contributed by atoms with Gasteiger partial charge in [0.25, 0.3) is 0 Å². The van der Waals surface area contributed by atoms with E-state index in [0.717, 1.165) is 25.3 Å². The van der Waals surface area contributed by atoms with Crippen molar-refractivity contribution in [2.24, 2.45) is 0 Å². The number of aromatic nitrogens is 1. The predicted molar refractivity (Wildman–Crippen MR) is 84.1 cm³/mol. The lowest BCUT2D eigenvalue weighted by molar-refractivity contribution is 0.290. The van der Waals surface area contributed by atoms with E-state index in [1.165, 1.54) is 19.4 Å². The van der Waals surface area contributed by atoms with E-state index in [9.17, 15) is 0 Å². The normalized spacial score (nSPS) is 12.7. The molecule has 0 saturated heterocycles. The minimum atomic E-state index is 0.513. The molecule has 0 aliphatic heterocycles. The van der Waals surface area contributed by atoms with E-state index in [0.29, 0.717) is 11.9 Å². The number of methoxy groups -OCH3 is 1. The number of hydrogen-bond acceptors (Lipinski definition) is 4. The van der Waals surface area contributed by atoms with Crippen LogP contribution in [0.3, 0.4) is 0 Å². The molecule has 1 rings (SSSR count). The van der Waals surface area contributed by atoms with Crippen LogP contribution in [0.1, 0.15) is 39.3 Å². The maximum Gasteiger partial charge on any atom is 0.213 e. The molecule has 1 aromatic heterocycles. The van der Waals surface area contributed by atoms with Crippen molar-refractivity contribution >= 4 is 0 Å². The molecular weight excluding hydrogens is 250 g/mol. The molecule has 0 aliphatic carbocycles. The van der Waals surface area contributed by atoms with Gasteiger partial charge < -0.3 is 15.0 Å². The van der Waals surface area contributed by atoms with Crippen LogP contribution in [0.25, 0.3) is 0 Å². The zero-order valence-electron chi connectivity index (χ0n) is 13.4. The molecule has 1 N–H and O–H groups in total. The van der Waals surface area contributed by atoms with Gasteiger partial charge in [0.1, 0.15) is 0 Å². The Morgan fingerprint density at radius 3 is 2.70 bits per heavy atom. The van der Waals surface area contributed by atoms with Gasteiger partial charge in [0.2, 0.25) is 5.88 Å². The summed E-state index contributed by atoms with van der Waals surface area (Å²) in [6.07, 6.45) is 2.43. The van der Waals surface area contributed by atoms with Crippen molar-refractivity contribution in [3.63, 3.8) is 0 Å². The first-order valence-corrected chi connectivity index (χ1v) is 7.65. The highest BCUT2D eigenvalue weighted by atomic mass is 16.5. The second-order valence-electron chi connectivity index (χ2n) is 5.12. The molecule has 114 valence electrons. The van der Waals surface area contributed by atoms with E-state index in [2.05, 4.69) is 36.0 Å². The SMILES string of the molecule is CCN(CC)CCCC(C)NCc1cccc(OC)n1. The molecule has 1 heterocycles. The second kappa shape index (κ2) is 9.72. The van der Waals surface area contributed by atoms with Crippen LogP contribution in [0.15, 0.2) is 18.2 Å². The van der Waals surface area contributed by atoms with Crippen LogP contribution < -0.4 is 10.1 Å². The third-order valence-electron chi connectivity index (χ3n) is 3.63. The zero-order chi connectivity index (χ0) is 14.8. The molecule has 0 spiro atoms. The highest BCUT2D eigenvalue weighted by Crippen LogP contribution is 2.07. The first kappa shape index (κ1) is 16.9. The summed E-state index contributed by atoms with van der Waals surface area (Å²) in [5.74, 6) is 0.679. The van der Waals surface area contributed by atoms with Gasteiger partial charge in [-0.25, -0.2) is 4.98 Å². The molecule has 0 radical (unpaired) electrons. The quantitative estimate of drug-likeness (QED) is 0.714. The van der Waals surface area contributed by atoms with Gasteiger partial charge in [-0.1, -0.05) is 19.9 Å². The number of rotatable bonds is 10. The lowest BCUT2D eigenvalue weighted by Gasteiger charge is -2.19. The monoisotopic (exact) mass is 279 g/mol. The third-order valence-corrected chi connectivity index (χ3v) is 3.63. The molecule has 1 unspecified atom stereocenters. The van der Waals surface area contributed by atoms with Gasteiger partial charge in [0, 0.05) is 18.7 Å². The number of nitrogens with zero attached hydrogens (tertiary/aromatic N) is 2. The average molecular weight is 279 g/mol. The van der Waals surface area contributed by atoms with Crippen LogP contribution in [-0.4, -0.2) is 42.7 Å². The Labute approximate surface area is 123 Å². The Kier molecular flexibility index (Phi) is 8.23. The zero-order valence-corrected chi connectivity index (χ0v) is 13.4. The fraction of sp³-hybridized carbons (Fsp3) is 0.688. The standard InChI is InChI=1S/C16H29N3O/c1-5-19(6-2)12-8-9-14(3)17-13-15-10-7-11-16(18-15)20-4/h7,10-11,14,17H,5-6,8-9,12-13H2,1-4H3. The molecule has 0 aliphatic rings. The largest absolute Gasteiger partial charge is 0.481 e. The summed E-state index contributed by atoms with van der Waals surface area (Å²) >= 11 is 0. The molecule has 4 heteroatoms. The van der Waals surface area contributed by atoms with Gasteiger partial charge in [0.15, 0.2) is 0 Å². The summed E-state index contributed by atoms with van der Waals surface area (Å²) in [6.45, 7) is 11.0. The fourth-order valence-electron chi connectivity index (χ4n) is 2.21. The summed E-state index contributed by atoms with van der Waals surface area (Å²) in [5.41, 5.74) is 1.03. The van der Waals surface area contributed by atoms with E-state index < -0.39 is 0 Å². The van der Waals surface area contributed by atoms with E-state index >= 15 is 0 Å². The Morgan fingerprint density at radius 2 is 2.05 bits per heavy atom. The molecule has 1 aromatic rings. The molecular formula is C16H29N3O. The fourth-order valence-corrected chi connectivity index (χ4v) is 2.21. The summed E-state index contributed by atoms with van der Waals surface area (Å²) in [5, 5.41) is 3.52. The minimum Gasteiger partial charge on any atom is -0.481 e. The van der Waals surface area contributed by atoms with Gasteiger partial charge >= 0.3 is 0 Å². The molecule has 0 fully saturated rings. The maximum absolute atomic E-state index is 5.13. The molecule has 0 saturated carbocycles. The highest BCUT2D eigenvalue weighted by Gasteiger charge is 2.05. The van der Waals surface area contributed by atoms with Gasteiger partial charge in [-0.2, -0.15) is 0 Å². The van der Waals surface area contributed by atoms with Gasteiger partial charge in [-0.15, -0.1) is 0 Å². The number of ether oxygens (including phenoxy) is 1. The van der Waals surface area contributed by atoms with Gasteiger partial charge in [0.05, 0.1) is 12.8 Å². The van der Waals surface area contributed by atoms with Crippen molar-refractivity contribution in [2.45, 2.75) is 46.2 Å². The van der Waals surface area contributed by atoms with Crippen LogP contribution >= 0.6 is 0 Å². The molecule has 20 heavy (non-hydrogen) atoms. The van der Waals surface area contributed by atoms with Gasteiger partial charge in [-0.3, -0.25) is 0 Å². The highest BCUT2D eigenvalue weighted by molar-refractivity contribution is 5.15. The second-order valence-corrected chi connectivity index (χ2v) is 5.12. The molecule has 0 aromatic carbocycles. The smallest absolute Gasteiger partial charge is 0.213 e. The first-order chi connectivity index (χ1) is 9.69. The summed E-state index contributed by atoms with van der Waals surface area (Å²) in [6, 6.07) is 6.39. The van der Waals surface area contributed by atoms with E-state index in [-0.39, 0.29) is 0 Å². The van der Waals surface area contributed by atoms with Crippen molar-refractivity contribution in [1.82, 2.24) is 15.2 Å². The van der Waals surface area contributed by atoms with Crippen molar-refractivity contribution < 1.29 is 4.74 Å². The van der Waals surface area contributed by atoms with Crippen LogP contribution in [0.5, 0.6) is 5.88 Å². The van der Waals surface area contributed by atoms with Gasteiger partial charge in [-0.05, 0) is 45.5 Å².